The number of halogens is 1. The molecule has 0 N–H and O–H groups in total. The van der Waals surface area contributed by atoms with Crippen LogP contribution in [0, 0.1) is 11.8 Å². The fraction of sp³-hybridized carbons (Fsp3) is 0.889. The van der Waals surface area contributed by atoms with E-state index in [0.717, 1.165) is 0 Å². The van der Waals surface area contributed by atoms with Gasteiger partial charge in [0.15, 0.2) is 0 Å². The molecule has 1 saturated carbocycles. The highest BCUT2D eigenvalue weighted by Crippen LogP contribution is 2.40. The molecule has 12 heavy (non-hydrogen) atoms. The first-order valence-corrected chi connectivity index (χ1v) is 4.23. The van der Waals surface area contributed by atoms with Gasteiger partial charge in [-0.05, 0) is 27.2 Å². The van der Waals surface area contributed by atoms with Gasteiger partial charge in [-0.25, -0.2) is 0 Å². The molecule has 1 fully saturated rings. The Kier molecular flexibility index (Phi) is 2.40. The molecule has 0 amide bonds. The number of rotatable bonds is 2. The standard InChI is InChI=1S/C9H15FO2/c1-9(2,3)12-8(11)7-4-6(7)5-10/h6-7H,4-5H2,1-3H3/t6-,7+/m0/s1. The van der Waals surface area contributed by atoms with Crippen molar-refractivity contribution in [3.05, 3.63) is 0 Å². The number of hydrogen-bond donors (Lipinski definition) is 0. The van der Waals surface area contributed by atoms with E-state index < -0.39 is 12.3 Å². The van der Waals surface area contributed by atoms with Crippen molar-refractivity contribution in [2.24, 2.45) is 11.8 Å². The van der Waals surface area contributed by atoms with Gasteiger partial charge in [-0.15, -0.1) is 0 Å². The summed E-state index contributed by atoms with van der Waals surface area (Å²) in [5.74, 6) is -0.487. The Morgan fingerprint density at radius 2 is 2.17 bits per heavy atom. The van der Waals surface area contributed by atoms with Crippen LogP contribution in [0.25, 0.3) is 0 Å². The number of hydrogen-bond acceptors (Lipinski definition) is 2. The van der Waals surface area contributed by atoms with Crippen molar-refractivity contribution in [3.8, 4) is 0 Å². The molecule has 0 bridgehead atoms. The molecule has 0 saturated heterocycles. The SMILES string of the molecule is CC(C)(C)OC(=O)[C@@H]1C[C@H]1CF. The van der Waals surface area contributed by atoms with Crippen molar-refractivity contribution < 1.29 is 13.9 Å². The Labute approximate surface area is 72.1 Å². The highest BCUT2D eigenvalue weighted by molar-refractivity contribution is 5.76. The molecule has 2 atom stereocenters. The molecule has 0 aliphatic heterocycles. The van der Waals surface area contributed by atoms with Crippen LogP contribution in [-0.4, -0.2) is 18.2 Å². The summed E-state index contributed by atoms with van der Waals surface area (Å²) in [6, 6.07) is 0. The summed E-state index contributed by atoms with van der Waals surface area (Å²) < 4.78 is 17.1. The summed E-state index contributed by atoms with van der Waals surface area (Å²) in [6.07, 6.45) is 0.658. The van der Waals surface area contributed by atoms with Crippen LogP contribution in [0.1, 0.15) is 27.2 Å². The van der Waals surface area contributed by atoms with Gasteiger partial charge in [0.05, 0.1) is 12.6 Å². The third-order valence-electron chi connectivity index (χ3n) is 1.83. The lowest BCUT2D eigenvalue weighted by molar-refractivity contribution is -0.156. The molecular weight excluding hydrogens is 159 g/mol. The van der Waals surface area contributed by atoms with Gasteiger partial charge in [0, 0.05) is 5.92 Å². The molecule has 0 aromatic heterocycles. The summed E-state index contributed by atoms with van der Waals surface area (Å²) in [7, 11) is 0. The van der Waals surface area contributed by atoms with Crippen LogP contribution in [0.3, 0.4) is 0 Å². The zero-order valence-corrected chi connectivity index (χ0v) is 7.76. The van der Waals surface area contributed by atoms with Gasteiger partial charge in [0.1, 0.15) is 5.60 Å². The minimum absolute atomic E-state index is 0.0696. The lowest BCUT2D eigenvalue weighted by atomic mass is 10.2. The molecule has 0 aromatic carbocycles. The molecule has 0 radical (unpaired) electrons. The third-order valence-corrected chi connectivity index (χ3v) is 1.83. The number of ether oxygens (including phenoxy) is 1. The van der Waals surface area contributed by atoms with E-state index in [4.69, 9.17) is 4.74 Å². The average molecular weight is 174 g/mol. The van der Waals surface area contributed by atoms with E-state index in [9.17, 15) is 9.18 Å². The summed E-state index contributed by atoms with van der Waals surface area (Å²) in [4.78, 5) is 11.2. The normalized spacial score (nSPS) is 28.3. The third kappa shape index (κ3) is 2.47. The van der Waals surface area contributed by atoms with Crippen LogP contribution >= 0.6 is 0 Å². The maximum atomic E-state index is 12.0. The molecule has 3 heteroatoms. The number of carbonyl (C=O) groups excluding carboxylic acids is 1. The second-order valence-electron chi connectivity index (χ2n) is 4.29. The summed E-state index contributed by atoms with van der Waals surface area (Å²) in [6.45, 7) is 5.05. The van der Waals surface area contributed by atoms with Crippen molar-refractivity contribution in [1.29, 1.82) is 0 Å². The Hall–Kier alpha value is -0.600. The number of esters is 1. The van der Waals surface area contributed by atoms with Crippen LogP contribution in [0.15, 0.2) is 0 Å². The maximum Gasteiger partial charge on any atom is 0.309 e. The van der Waals surface area contributed by atoms with Crippen LogP contribution in [0.2, 0.25) is 0 Å². The molecule has 1 aliphatic rings. The van der Waals surface area contributed by atoms with Gasteiger partial charge in [-0.1, -0.05) is 0 Å². The topological polar surface area (TPSA) is 26.3 Å². The van der Waals surface area contributed by atoms with Crippen molar-refractivity contribution in [2.45, 2.75) is 32.8 Å². The number of alkyl halides is 1. The maximum absolute atomic E-state index is 12.0. The molecule has 0 heterocycles. The van der Waals surface area contributed by atoms with E-state index >= 15 is 0 Å². The largest absolute Gasteiger partial charge is 0.460 e. The van der Waals surface area contributed by atoms with Gasteiger partial charge in [-0.3, -0.25) is 9.18 Å². The summed E-state index contributed by atoms with van der Waals surface area (Å²) in [5, 5.41) is 0. The second kappa shape index (κ2) is 3.04. The quantitative estimate of drug-likeness (QED) is 0.598. The molecule has 1 rings (SSSR count). The lowest BCUT2D eigenvalue weighted by Crippen LogP contribution is -2.25. The van der Waals surface area contributed by atoms with E-state index in [2.05, 4.69) is 0 Å². The zero-order chi connectivity index (χ0) is 9.35. The highest BCUT2D eigenvalue weighted by Gasteiger charge is 2.45. The minimum atomic E-state index is -0.444. The van der Waals surface area contributed by atoms with Crippen LogP contribution in [-0.2, 0) is 9.53 Å². The Morgan fingerprint density at radius 1 is 1.58 bits per heavy atom. The molecule has 2 nitrogen and oxygen atoms in total. The average Bonchev–Trinajstić information content (AvgIpc) is 2.60. The predicted molar refractivity (Wildman–Crippen MR) is 43.4 cm³/mol. The molecule has 0 spiro atoms. The molecule has 70 valence electrons. The van der Waals surface area contributed by atoms with Crippen LogP contribution < -0.4 is 0 Å². The van der Waals surface area contributed by atoms with Crippen molar-refractivity contribution in [3.63, 3.8) is 0 Å². The van der Waals surface area contributed by atoms with Gasteiger partial charge >= 0.3 is 5.97 Å². The van der Waals surface area contributed by atoms with Gasteiger partial charge < -0.3 is 4.74 Å². The fourth-order valence-electron chi connectivity index (χ4n) is 1.08. The molecule has 0 aromatic rings. The highest BCUT2D eigenvalue weighted by atomic mass is 19.1. The Bertz CT molecular complexity index is 183. The van der Waals surface area contributed by atoms with E-state index in [1.807, 2.05) is 20.8 Å². The Morgan fingerprint density at radius 3 is 2.50 bits per heavy atom. The van der Waals surface area contributed by atoms with E-state index in [-0.39, 0.29) is 17.8 Å². The molecule has 1 aliphatic carbocycles. The second-order valence-corrected chi connectivity index (χ2v) is 4.29. The van der Waals surface area contributed by atoms with E-state index in [0.29, 0.717) is 6.42 Å². The van der Waals surface area contributed by atoms with Gasteiger partial charge in [0.25, 0.3) is 0 Å². The molecular formula is C9H15FO2. The zero-order valence-electron chi connectivity index (χ0n) is 7.76. The van der Waals surface area contributed by atoms with Crippen molar-refractivity contribution >= 4 is 5.97 Å². The first kappa shape index (κ1) is 9.49. The van der Waals surface area contributed by atoms with Crippen molar-refractivity contribution in [2.75, 3.05) is 6.67 Å². The molecule has 0 unspecified atom stereocenters. The first-order valence-electron chi connectivity index (χ1n) is 4.23. The summed E-state index contributed by atoms with van der Waals surface area (Å²) >= 11 is 0. The van der Waals surface area contributed by atoms with Gasteiger partial charge in [0.2, 0.25) is 0 Å². The monoisotopic (exact) mass is 174 g/mol. The van der Waals surface area contributed by atoms with Crippen molar-refractivity contribution in [1.82, 2.24) is 0 Å². The summed E-state index contributed by atoms with van der Waals surface area (Å²) in [5.41, 5.74) is -0.444. The Balaban J connectivity index is 2.32. The van der Waals surface area contributed by atoms with Crippen LogP contribution in [0.4, 0.5) is 4.39 Å². The van der Waals surface area contributed by atoms with Crippen LogP contribution in [0.5, 0.6) is 0 Å². The van der Waals surface area contributed by atoms with Gasteiger partial charge in [-0.2, -0.15) is 0 Å². The smallest absolute Gasteiger partial charge is 0.309 e. The number of carbonyl (C=O) groups is 1. The first-order chi connectivity index (χ1) is 5.44. The minimum Gasteiger partial charge on any atom is -0.460 e. The van der Waals surface area contributed by atoms with E-state index in [1.54, 1.807) is 0 Å². The predicted octanol–water partition coefficient (Wildman–Crippen LogP) is 1.93. The fourth-order valence-corrected chi connectivity index (χ4v) is 1.08. The lowest BCUT2D eigenvalue weighted by Gasteiger charge is -2.19. The van der Waals surface area contributed by atoms with E-state index in [1.165, 1.54) is 0 Å².